The Morgan fingerprint density at radius 2 is 1.97 bits per heavy atom. The minimum absolute atomic E-state index is 0.163. The topological polar surface area (TPSA) is 94.8 Å². The average molecular weight is 386 g/mol. The van der Waals surface area contributed by atoms with Gasteiger partial charge in [-0.3, -0.25) is 9.78 Å². The standard InChI is InChI=1S/C21H18N6O2/c28-20-8-7-17(15-5-3-9-22-10-15)26-27(20)19-13-29-12-18(19)24-21-16-6-2-1-4-14(16)11-23-25-21/h1-11,18-19H,12-13H2,(H,24,25). The second kappa shape index (κ2) is 7.40. The Bertz CT molecular complexity index is 1210. The van der Waals surface area contributed by atoms with Crippen LogP contribution in [0.1, 0.15) is 6.04 Å². The number of anilines is 1. The van der Waals surface area contributed by atoms with Crippen molar-refractivity contribution in [3.05, 3.63) is 77.5 Å². The third-order valence-electron chi connectivity index (χ3n) is 5.04. The average Bonchev–Trinajstić information content (AvgIpc) is 3.23. The number of aromatic nitrogens is 5. The summed E-state index contributed by atoms with van der Waals surface area (Å²) < 4.78 is 7.18. The van der Waals surface area contributed by atoms with Gasteiger partial charge in [0.15, 0.2) is 5.82 Å². The summed E-state index contributed by atoms with van der Waals surface area (Å²) in [4.78, 5) is 16.7. The molecule has 1 aliphatic heterocycles. The molecular weight excluding hydrogens is 368 g/mol. The Kier molecular flexibility index (Phi) is 4.45. The highest BCUT2D eigenvalue weighted by atomic mass is 16.5. The Labute approximate surface area is 166 Å². The number of rotatable bonds is 4. The van der Waals surface area contributed by atoms with Gasteiger partial charge in [0.05, 0.1) is 31.1 Å². The summed E-state index contributed by atoms with van der Waals surface area (Å²) in [7, 11) is 0. The van der Waals surface area contributed by atoms with Crippen LogP contribution < -0.4 is 10.9 Å². The van der Waals surface area contributed by atoms with Crippen molar-refractivity contribution in [1.29, 1.82) is 0 Å². The van der Waals surface area contributed by atoms with Gasteiger partial charge in [-0.05, 0) is 18.2 Å². The van der Waals surface area contributed by atoms with Crippen molar-refractivity contribution >= 4 is 16.6 Å². The highest BCUT2D eigenvalue weighted by molar-refractivity contribution is 5.90. The number of nitrogens with zero attached hydrogens (tertiary/aromatic N) is 5. The van der Waals surface area contributed by atoms with Gasteiger partial charge in [0, 0.05) is 34.8 Å². The summed E-state index contributed by atoms with van der Waals surface area (Å²) in [5.74, 6) is 0.667. The number of hydrogen-bond donors (Lipinski definition) is 1. The number of nitrogens with one attached hydrogen (secondary N) is 1. The van der Waals surface area contributed by atoms with Crippen LogP contribution >= 0.6 is 0 Å². The molecule has 5 rings (SSSR count). The molecule has 1 aromatic carbocycles. The van der Waals surface area contributed by atoms with Gasteiger partial charge in [0.1, 0.15) is 6.04 Å². The van der Waals surface area contributed by atoms with Crippen LogP contribution in [0.25, 0.3) is 22.0 Å². The van der Waals surface area contributed by atoms with Crippen molar-refractivity contribution in [2.24, 2.45) is 0 Å². The lowest BCUT2D eigenvalue weighted by atomic mass is 10.1. The van der Waals surface area contributed by atoms with E-state index in [1.54, 1.807) is 24.7 Å². The van der Waals surface area contributed by atoms with E-state index in [2.05, 4.69) is 25.6 Å². The van der Waals surface area contributed by atoms with Gasteiger partial charge in [-0.1, -0.05) is 24.3 Å². The molecule has 0 aliphatic carbocycles. The summed E-state index contributed by atoms with van der Waals surface area (Å²) in [5.41, 5.74) is 1.36. The molecule has 8 heteroatoms. The fourth-order valence-corrected chi connectivity index (χ4v) is 3.56. The van der Waals surface area contributed by atoms with Crippen LogP contribution in [0.4, 0.5) is 5.82 Å². The smallest absolute Gasteiger partial charge is 0.267 e. The van der Waals surface area contributed by atoms with Gasteiger partial charge in [0.2, 0.25) is 0 Å². The molecule has 2 unspecified atom stereocenters. The molecule has 0 radical (unpaired) electrons. The highest BCUT2D eigenvalue weighted by Crippen LogP contribution is 2.26. The lowest BCUT2D eigenvalue weighted by Crippen LogP contribution is -2.37. The molecular formula is C21H18N6O2. The molecule has 0 amide bonds. The lowest BCUT2D eigenvalue weighted by Gasteiger charge is -2.21. The lowest BCUT2D eigenvalue weighted by molar-refractivity contribution is 0.183. The second-order valence-corrected chi connectivity index (χ2v) is 6.88. The molecule has 4 aromatic rings. The Morgan fingerprint density at radius 1 is 1.03 bits per heavy atom. The molecule has 3 aromatic heterocycles. The maximum atomic E-state index is 12.6. The van der Waals surface area contributed by atoms with E-state index in [1.807, 2.05) is 36.4 Å². The number of ether oxygens (including phenoxy) is 1. The third-order valence-corrected chi connectivity index (χ3v) is 5.04. The second-order valence-electron chi connectivity index (χ2n) is 6.88. The maximum absolute atomic E-state index is 12.6. The van der Waals surface area contributed by atoms with Crippen LogP contribution in [0, 0.1) is 0 Å². The molecule has 2 atom stereocenters. The quantitative estimate of drug-likeness (QED) is 0.575. The molecule has 0 bridgehead atoms. The van der Waals surface area contributed by atoms with Crippen molar-refractivity contribution in [3.8, 4) is 11.3 Å². The van der Waals surface area contributed by atoms with E-state index in [0.29, 0.717) is 24.7 Å². The normalized spacial score (nSPS) is 18.8. The maximum Gasteiger partial charge on any atom is 0.267 e. The van der Waals surface area contributed by atoms with E-state index in [4.69, 9.17) is 4.74 Å². The van der Waals surface area contributed by atoms with Crippen molar-refractivity contribution in [2.75, 3.05) is 18.5 Å². The zero-order valence-corrected chi connectivity index (χ0v) is 15.5. The Morgan fingerprint density at radius 3 is 2.86 bits per heavy atom. The van der Waals surface area contributed by atoms with Crippen LogP contribution in [0.3, 0.4) is 0 Å². The van der Waals surface area contributed by atoms with Crippen LogP contribution in [0.15, 0.2) is 71.9 Å². The molecule has 1 fully saturated rings. The van der Waals surface area contributed by atoms with Crippen molar-refractivity contribution < 1.29 is 4.74 Å². The first-order chi connectivity index (χ1) is 14.3. The molecule has 1 saturated heterocycles. The highest BCUT2D eigenvalue weighted by Gasteiger charge is 2.32. The van der Waals surface area contributed by atoms with Crippen LogP contribution in [0.5, 0.6) is 0 Å². The van der Waals surface area contributed by atoms with E-state index in [0.717, 1.165) is 16.3 Å². The monoisotopic (exact) mass is 386 g/mol. The molecule has 0 saturated carbocycles. The van der Waals surface area contributed by atoms with E-state index in [-0.39, 0.29) is 17.6 Å². The van der Waals surface area contributed by atoms with Crippen LogP contribution in [0.2, 0.25) is 0 Å². The number of fused-ring (bicyclic) bond motifs is 1. The van der Waals surface area contributed by atoms with Gasteiger partial charge >= 0.3 is 0 Å². The molecule has 29 heavy (non-hydrogen) atoms. The predicted octanol–water partition coefficient (Wildman–Crippen LogP) is 2.30. The zero-order valence-electron chi connectivity index (χ0n) is 15.5. The third kappa shape index (κ3) is 3.34. The van der Waals surface area contributed by atoms with E-state index in [9.17, 15) is 4.79 Å². The number of pyridine rings is 1. The summed E-state index contributed by atoms with van der Waals surface area (Å²) in [6.07, 6.45) is 5.16. The van der Waals surface area contributed by atoms with Gasteiger partial charge in [-0.2, -0.15) is 10.2 Å². The van der Waals surface area contributed by atoms with Crippen LogP contribution in [-0.2, 0) is 4.74 Å². The molecule has 1 aliphatic rings. The van der Waals surface area contributed by atoms with E-state index < -0.39 is 0 Å². The minimum Gasteiger partial charge on any atom is -0.377 e. The first kappa shape index (κ1) is 17.4. The summed E-state index contributed by atoms with van der Waals surface area (Å²) in [6.45, 7) is 0.833. The summed E-state index contributed by atoms with van der Waals surface area (Å²) in [5, 5.41) is 18.3. The molecule has 144 valence electrons. The summed E-state index contributed by atoms with van der Waals surface area (Å²) in [6, 6.07) is 14.5. The first-order valence-corrected chi connectivity index (χ1v) is 9.34. The van der Waals surface area contributed by atoms with Gasteiger partial charge in [-0.15, -0.1) is 5.10 Å². The number of hydrogen-bond acceptors (Lipinski definition) is 7. The Hall–Kier alpha value is -3.65. The van der Waals surface area contributed by atoms with Crippen molar-refractivity contribution in [2.45, 2.75) is 12.1 Å². The van der Waals surface area contributed by atoms with Gasteiger partial charge in [-0.25, -0.2) is 4.68 Å². The Balaban J connectivity index is 1.49. The molecule has 1 N–H and O–H groups in total. The molecule has 0 spiro atoms. The zero-order chi connectivity index (χ0) is 19.6. The minimum atomic E-state index is -0.264. The molecule has 8 nitrogen and oxygen atoms in total. The van der Waals surface area contributed by atoms with E-state index in [1.165, 1.54) is 10.7 Å². The summed E-state index contributed by atoms with van der Waals surface area (Å²) >= 11 is 0. The van der Waals surface area contributed by atoms with Crippen LogP contribution in [-0.4, -0.2) is 44.2 Å². The van der Waals surface area contributed by atoms with Gasteiger partial charge in [0.25, 0.3) is 5.56 Å². The van der Waals surface area contributed by atoms with Gasteiger partial charge < -0.3 is 10.1 Å². The fourth-order valence-electron chi connectivity index (χ4n) is 3.56. The first-order valence-electron chi connectivity index (χ1n) is 9.34. The molecule has 4 heterocycles. The van der Waals surface area contributed by atoms with Crippen molar-refractivity contribution in [1.82, 2.24) is 25.0 Å². The van der Waals surface area contributed by atoms with Crippen molar-refractivity contribution in [3.63, 3.8) is 0 Å². The largest absolute Gasteiger partial charge is 0.377 e. The fraction of sp³-hybridized carbons (Fsp3) is 0.190. The van der Waals surface area contributed by atoms with E-state index >= 15 is 0 Å². The predicted molar refractivity (Wildman–Crippen MR) is 109 cm³/mol. The number of benzene rings is 1. The SMILES string of the molecule is O=c1ccc(-c2cccnc2)nn1C1COCC1Nc1nncc2ccccc12.